The third-order valence-corrected chi connectivity index (χ3v) is 3.45. The van der Waals surface area contributed by atoms with Gasteiger partial charge in [0.1, 0.15) is 11.9 Å². The van der Waals surface area contributed by atoms with Crippen molar-refractivity contribution in [3.63, 3.8) is 0 Å². The second-order valence-corrected chi connectivity index (χ2v) is 5.04. The largest absolute Gasteiger partial charge is 0.486 e. The van der Waals surface area contributed by atoms with Crippen molar-refractivity contribution in [1.82, 2.24) is 15.1 Å². The molecule has 5 heteroatoms. The molecule has 1 aliphatic rings. The number of aromatic nitrogens is 2. The first-order valence-electron chi connectivity index (χ1n) is 6.99. The van der Waals surface area contributed by atoms with Crippen LogP contribution in [0.4, 0.5) is 4.39 Å². The van der Waals surface area contributed by atoms with Crippen LogP contribution in [0.25, 0.3) is 5.69 Å². The number of nitrogens with zero attached hydrogens (tertiary/aromatic N) is 2. The summed E-state index contributed by atoms with van der Waals surface area (Å²) in [5.41, 5.74) is 0.820. The zero-order valence-corrected chi connectivity index (χ0v) is 11.3. The van der Waals surface area contributed by atoms with Gasteiger partial charge in [-0.15, -0.1) is 0 Å². The Kier molecular flexibility index (Phi) is 3.97. The quantitative estimate of drug-likeness (QED) is 0.935. The van der Waals surface area contributed by atoms with E-state index in [0.717, 1.165) is 30.9 Å². The van der Waals surface area contributed by atoms with Gasteiger partial charge in [0, 0.05) is 6.54 Å². The van der Waals surface area contributed by atoms with Crippen LogP contribution in [0.3, 0.4) is 0 Å². The predicted octanol–water partition coefficient (Wildman–Crippen LogP) is 2.53. The summed E-state index contributed by atoms with van der Waals surface area (Å²) in [6.45, 7) is 1.94. The highest BCUT2D eigenvalue weighted by Crippen LogP contribution is 2.17. The minimum atomic E-state index is -0.248. The standard InChI is InChI=1S/C15H18FN3O/c16-12-4-6-13(7-5-12)19-11-15(10-18-19)20-14-3-1-2-8-17-9-14/h4-7,10-11,14,17H,1-3,8-9H2. The molecule has 1 N–H and O–H groups in total. The smallest absolute Gasteiger partial charge is 0.158 e. The van der Waals surface area contributed by atoms with Crippen LogP contribution in [0.2, 0.25) is 0 Å². The summed E-state index contributed by atoms with van der Waals surface area (Å²) in [6.07, 6.45) is 7.18. The Bertz CT molecular complexity index is 545. The molecule has 1 atom stereocenters. The SMILES string of the molecule is Fc1ccc(-n2cc(OC3CCCCNC3)cn2)cc1. The van der Waals surface area contributed by atoms with Gasteiger partial charge in [-0.25, -0.2) is 9.07 Å². The van der Waals surface area contributed by atoms with Gasteiger partial charge in [0.05, 0.1) is 18.1 Å². The lowest BCUT2D eigenvalue weighted by Gasteiger charge is -2.15. The molecule has 0 saturated carbocycles. The molecule has 0 radical (unpaired) electrons. The van der Waals surface area contributed by atoms with E-state index < -0.39 is 0 Å². The van der Waals surface area contributed by atoms with Crippen molar-refractivity contribution in [1.29, 1.82) is 0 Å². The Morgan fingerprint density at radius 3 is 2.95 bits per heavy atom. The lowest BCUT2D eigenvalue weighted by atomic mass is 10.2. The van der Waals surface area contributed by atoms with Crippen LogP contribution in [0.5, 0.6) is 5.75 Å². The third-order valence-electron chi connectivity index (χ3n) is 3.45. The van der Waals surface area contributed by atoms with Crippen LogP contribution in [0, 0.1) is 5.82 Å². The summed E-state index contributed by atoms with van der Waals surface area (Å²) in [7, 11) is 0. The Morgan fingerprint density at radius 1 is 1.25 bits per heavy atom. The van der Waals surface area contributed by atoms with Gasteiger partial charge < -0.3 is 10.1 Å². The first-order valence-corrected chi connectivity index (χ1v) is 6.99. The molecule has 20 heavy (non-hydrogen) atoms. The number of halogens is 1. The summed E-state index contributed by atoms with van der Waals surface area (Å²) in [5.74, 6) is 0.505. The van der Waals surface area contributed by atoms with Crippen molar-refractivity contribution in [2.24, 2.45) is 0 Å². The van der Waals surface area contributed by atoms with Gasteiger partial charge in [0.15, 0.2) is 5.75 Å². The van der Waals surface area contributed by atoms with Crippen LogP contribution >= 0.6 is 0 Å². The first-order chi connectivity index (χ1) is 9.81. The fourth-order valence-corrected chi connectivity index (χ4v) is 2.38. The van der Waals surface area contributed by atoms with E-state index in [4.69, 9.17) is 4.74 Å². The highest BCUT2D eigenvalue weighted by Gasteiger charge is 2.14. The molecule has 1 aliphatic heterocycles. The fraction of sp³-hybridized carbons (Fsp3) is 0.400. The molecule has 4 nitrogen and oxygen atoms in total. The van der Waals surface area contributed by atoms with Gasteiger partial charge in [-0.05, 0) is 50.1 Å². The van der Waals surface area contributed by atoms with Gasteiger partial charge in [0.2, 0.25) is 0 Å². The average molecular weight is 275 g/mol. The number of benzene rings is 1. The number of hydrogen-bond donors (Lipinski definition) is 1. The Hall–Kier alpha value is -1.88. The van der Waals surface area contributed by atoms with Crippen molar-refractivity contribution in [3.05, 3.63) is 42.5 Å². The molecule has 0 bridgehead atoms. The molecule has 1 saturated heterocycles. The summed E-state index contributed by atoms with van der Waals surface area (Å²) in [5, 5.41) is 7.62. The van der Waals surface area contributed by atoms with E-state index in [0.29, 0.717) is 0 Å². The van der Waals surface area contributed by atoms with Gasteiger partial charge in [0.25, 0.3) is 0 Å². The minimum absolute atomic E-state index is 0.198. The maximum absolute atomic E-state index is 12.9. The number of rotatable bonds is 3. The van der Waals surface area contributed by atoms with E-state index in [-0.39, 0.29) is 11.9 Å². The number of ether oxygens (including phenoxy) is 1. The van der Waals surface area contributed by atoms with Crippen molar-refractivity contribution in [3.8, 4) is 11.4 Å². The summed E-state index contributed by atoms with van der Waals surface area (Å²) < 4.78 is 20.5. The van der Waals surface area contributed by atoms with Crippen molar-refractivity contribution < 1.29 is 9.13 Å². The van der Waals surface area contributed by atoms with Crippen LogP contribution in [-0.4, -0.2) is 29.0 Å². The zero-order chi connectivity index (χ0) is 13.8. The van der Waals surface area contributed by atoms with Gasteiger partial charge in [-0.1, -0.05) is 0 Å². The molecule has 0 aliphatic carbocycles. The second-order valence-electron chi connectivity index (χ2n) is 5.04. The molecule has 1 unspecified atom stereocenters. The van der Waals surface area contributed by atoms with E-state index in [1.807, 2.05) is 6.20 Å². The normalized spacial score (nSPS) is 19.6. The van der Waals surface area contributed by atoms with E-state index in [1.165, 1.54) is 25.0 Å². The monoisotopic (exact) mass is 275 g/mol. The van der Waals surface area contributed by atoms with E-state index in [2.05, 4.69) is 10.4 Å². The van der Waals surface area contributed by atoms with Crippen LogP contribution in [0.15, 0.2) is 36.7 Å². The van der Waals surface area contributed by atoms with Crippen LogP contribution in [-0.2, 0) is 0 Å². The topological polar surface area (TPSA) is 39.1 Å². The third kappa shape index (κ3) is 3.17. The fourth-order valence-electron chi connectivity index (χ4n) is 2.38. The Balaban J connectivity index is 1.68. The van der Waals surface area contributed by atoms with Crippen molar-refractivity contribution in [2.75, 3.05) is 13.1 Å². The summed E-state index contributed by atoms with van der Waals surface area (Å²) in [4.78, 5) is 0. The molecule has 0 amide bonds. The Morgan fingerprint density at radius 2 is 2.10 bits per heavy atom. The summed E-state index contributed by atoms with van der Waals surface area (Å²) >= 11 is 0. The molecule has 1 aromatic heterocycles. The maximum atomic E-state index is 12.9. The van der Waals surface area contributed by atoms with Crippen molar-refractivity contribution in [2.45, 2.75) is 25.4 Å². The van der Waals surface area contributed by atoms with Crippen molar-refractivity contribution >= 4 is 0 Å². The summed E-state index contributed by atoms with van der Waals surface area (Å²) in [6, 6.07) is 6.23. The number of nitrogens with one attached hydrogen (secondary N) is 1. The molecule has 2 heterocycles. The molecular formula is C15H18FN3O. The van der Waals surface area contributed by atoms with Gasteiger partial charge in [-0.3, -0.25) is 0 Å². The average Bonchev–Trinajstić information content (AvgIpc) is 2.76. The molecular weight excluding hydrogens is 257 g/mol. The van der Waals surface area contributed by atoms with E-state index in [9.17, 15) is 4.39 Å². The highest BCUT2D eigenvalue weighted by atomic mass is 19.1. The second kappa shape index (κ2) is 6.05. The maximum Gasteiger partial charge on any atom is 0.158 e. The van der Waals surface area contributed by atoms with Crippen LogP contribution in [0.1, 0.15) is 19.3 Å². The lowest BCUT2D eigenvalue weighted by Crippen LogP contribution is -2.29. The molecule has 3 rings (SSSR count). The predicted molar refractivity (Wildman–Crippen MR) is 74.7 cm³/mol. The van der Waals surface area contributed by atoms with Crippen LogP contribution < -0.4 is 10.1 Å². The van der Waals surface area contributed by atoms with Gasteiger partial charge >= 0.3 is 0 Å². The van der Waals surface area contributed by atoms with E-state index >= 15 is 0 Å². The highest BCUT2D eigenvalue weighted by molar-refractivity contribution is 5.32. The minimum Gasteiger partial charge on any atom is -0.486 e. The molecule has 1 fully saturated rings. The molecule has 106 valence electrons. The number of hydrogen-bond acceptors (Lipinski definition) is 3. The molecule has 2 aromatic rings. The molecule has 0 spiro atoms. The first kappa shape index (κ1) is 13.1. The molecule has 1 aromatic carbocycles. The lowest BCUT2D eigenvalue weighted by molar-refractivity contribution is 0.194. The Labute approximate surface area is 117 Å². The van der Waals surface area contributed by atoms with Gasteiger partial charge in [-0.2, -0.15) is 5.10 Å². The zero-order valence-electron chi connectivity index (χ0n) is 11.3. The van der Waals surface area contributed by atoms with E-state index in [1.54, 1.807) is 23.0 Å².